The van der Waals surface area contributed by atoms with Crippen LogP contribution in [0.1, 0.15) is 31.2 Å². The van der Waals surface area contributed by atoms with Gasteiger partial charge in [-0.25, -0.2) is 4.98 Å². The zero-order chi connectivity index (χ0) is 16.8. The highest BCUT2D eigenvalue weighted by molar-refractivity contribution is 5.38. The van der Waals surface area contributed by atoms with Crippen molar-refractivity contribution in [1.29, 1.82) is 0 Å². The average Bonchev–Trinajstić information content (AvgIpc) is 3.15. The number of anilines is 1. The number of hydrogen-bond acceptors (Lipinski definition) is 5. The van der Waals surface area contributed by atoms with E-state index in [1.165, 1.54) is 50.9 Å². The quantitative estimate of drug-likeness (QED) is 0.828. The predicted octanol–water partition coefficient (Wildman–Crippen LogP) is 2.13. The van der Waals surface area contributed by atoms with E-state index in [1.807, 2.05) is 6.20 Å². The number of pyridine rings is 1. The lowest BCUT2D eigenvalue weighted by atomic mass is 9.88. The first kappa shape index (κ1) is 17.6. The maximum absolute atomic E-state index is 5.12. The van der Waals surface area contributed by atoms with E-state index in [4.69, 9.17) is 4.74 Å². The maximum Gasteiger partial charge on any atom is 0.128 e. The Labute approximate surface area is 146 Å². The van der Waals surface area contributed by atoms with Gasteiger partial charge in [0.15, 0.2) is 0 Å². The molecule has 0 bridgehead atoms. The van der Waals surface area contributed by atoms with E-state index in [-0.39, 0.29) is 0 Å². The predicted molar refractivity (Wildman–Crippen MR) is 98.4 cm³/mol. The van der Waals surface area contributed by atoms with E-state index in [1.54, 1.807) is 7.11 Å². The van der Waals surface area contributed by atoms with Gasteiger partial charge in [-0.3, -0.25) is 4.90 Å². The van der Waals surface area contributed by atoms with E-state index in [0.29, 0.717) is 0 Å². The van der Waals surface area contributed by atoms with Gasteiger partial charge >= 0.3 is 0 Å². The molecule has 5 heteroatoms. The van der Waals surface area contributed by atoms with Crippen LogP contribution in [0.5, 0.6) is 0 Å². The second kappa shape index (κ2) is 8.79. The number of methoxy groups -OCH3 is 1. The molecule has 2 saturated heterocycles. The van der Waals surface area contributed by atoms with Gasteiger partial charge in [-0.2, -0.15) is 0 Å². The van der Waals surface area contributed by atoms with Gasteiger partial charge in [0.2, 0.25) is 0 Å². The molecule has 1 aromatic rings. The van der Waals surface area contributed by atoms with Crippen LogP contribution < -0.4 is 10.2 Å². The van der Waals surface area contributed by atoms with Crippen molar-refractivity contribution in [2.24, 2.45) is 5.92 Å². The Morgan fingerprint density at radius 3 is 2.75 bits per heavy atom. The highest BCUT2D eigenvalue weighted by Crippen LogP contribution is 2.26. The molecular formula is C19H32N4O. The minimum atomic E-state index is 0.727. The molecule has 0 spiro atoms. The fourth-order valence-electron chi connectivity index (χ4n) is 3.96. The summed E-state index contributed by atoms with van der Waals surface area (Å²) in [5.74, 6) is 1.90. The minimum Gasteiger partial charge on any atom is -0.383 e. The van der Waals surface area contributed by atoms with Crippen LogP contribution in [0.2, 0.25) is 0 Å². The van der Waals surface area contributed by atoms with Gasteiger partial charge in [0.05, 0.1) is 6.61 Å². The van der Waals surface area contributed by atoms with Crippen molar-refractivity contribution in [3.8, 4) is 0 Å². The minimum absolute atomic E-state index is 0.727. The number of nitrogens with zero attached hydrogens (tertiary/aromatic N) is 3. The zero-order valence-electron chi connectivity index (χ0n) is 15.2. The molecule has 0 aliphatic carbocycles. The fraction of sp³-hybridized carbons (Fsp3) is 0.737. The van der Waals surface area contributed by atoms with Crippen LogP contribution in [0.15, 0.2) is 18.3 Å². The molecule has 1 N–H and O–H groups in total. The number of likely N-dealkylation sites (tertiary alicyclic amines) is 1. The van der Waals surface area contributed by atoms with E-state index in [9.17, 15) is 0 Å². The number of aromatic nitrogens is 1. The number of piperidine rings is 1. The first-order chi connectivity index (χ1) is 11.8. The molecule has 1 unspecified atom stereocenters. The van der Waals surface area contributed by atoms with E-state index >= 15 is 0 Å². The molecule has 1 aromatic heterocycles. The summed E-state index contributed by atoms with van der Waals surface area (Å²) in [6.45, 7) is 6.29. The highest BCUT2D eigenvalue weighted by Gasteiger charge is 2.28. The van der Waals surface area contributed by atoms with Gasteiger partial charge in [0.1, 0.15) is 5.82 Å². The molecular weight excluding hydrogens is 300 g/mol. The molecule has 5 nitrogen and oxygen atoms in total. The molecule has 1 atom stereocenters. The van der Waals surface area contributed by atoms with Crippen molar-refractivity contribution in [2.75, 3.05) is 51.8 Å². The summed E-state index contributed by atoms with van der Waals surface area (Å²) in [7, 11) is 3.79. The normalized spacial score (nSPS) is 22.8. The summed E-state index contributed by atoms with van der Waals surface area (Å²) in [6, 6.07) is 5.13. The first-order valence-corrected chi connectivity index (χ1v) is 9.37. The Balaban J connectivity index is 1.45. The number of likely N-dealkylation sites (N-methyl/N-ethyl adjacent to an activating group) is 1. The van der Waals surface area contributed by atoms with Crippen LogP contribution in [0.25, 0.3) is 0 Å². The number of rotatable bonds is 7. The molecule has 0 aromatic carbocycles. The topological polar surface area (TPSA) is 40.6 Å². The third-order valence-electron chi connectivity index (χ3n) is 5.54. The lowest BCUT2D eigenvalue weighted by molar-refractivity contribution is 0.157. The summed E-state index contributed by atoms with van der Waals surface area (Å²) in [6.07, 6.45) is 7.45. The van der Waals surface area contributed by atoms with Gasteiger partial charge < -0.3 is 15.0 Å². The van der Waals surface area contributed by atoms with Gasteiger partial charge in [-0.05, 0) is 62.9 Å². The maximum atomic E-state index is 5.12. The molecule has 3 heterocycles. The molecule has 2 fully saturated rings. The molecule has 0 amide bonds. The Bertz CT molecular complexity index is 479. The largest absolute Gasteiger partial charge is 0.383 e. The van der Waals surface area contributed by atoms with Crippen LogP contribution in [0, 0.1) is 5.92 Å². The number of hydrogen-bond donors (Lipinski definition) is 1. The Hall–Kier alpha value is -1.17. The van der Waals surface area contributed by atoms with Gasteiger partial charge in [-0.15, -0.1) is 0 Å². The van der Waals surface area contributed by atoms with Crippen LogP contribution in [0.4, 0.5) is 5.82 Å². The lowest BCUT2D eigenvalue weighted by Gasteiger charge is -2.34. The summed E-state index contributed by atoms with van der Waals surface area (Å²) >= 11 is 0. The van der Waals surface area contributed by atoms with Crippen molar-refractivity contribution in [3.05, 3.63) is 23.9 Å². The molecule has 0 saturated carbocycles. The molecule has 134 valence electrons. The molecule has 2 aliphatic rings. The van der Waals surface area contributed by atoms with Crippen molar-refractivity contribution in [2.45, 2.75) is 38.3 Å². The van der Waals surface area contributed by atoms with Crippen LogP contribution in [-0.2, 0) is 11.3 Å². The van der Waals surface area contributed by atoms with Crippen molar-refractivity contribution in [3.63, 3.8) is 0 Å². The van der Waals surface area contributed by atoms with E-state index in [0.717, 1.165) is 37.5 Å². The summed E-state index contributed by atoms with van der Waals surface area (Å²) < 4.78 is 5.12. The Morgan fingerprint density at radius 1 is 1.29 bits per heavy atom. The van der Waals surface area contributed by atoms with Crippen LogP contribution in [0.3, 0.4) is 0 Å². The molecule has 0 radical (unpaired) electrons. The number of ether oxygens (including phenoxy) is 1. The second-order valence-electron chi connectivity index (χ2n) is 7.26. The molecule has 3 rings (SSSR count). The van der Waals surface area contributed by atoms with Crippen molar-refractivity contribution in [1.82, 2.24) is 15.2 Å². The van der Waals surface area contributed by atoms with Crippen molar-refractivity contribution < 1.29 is 4.74 Å². The summed E-state index contributed by atoms with van der Waals surface area (Å²) in [4.78, 5) is 9.32. The fourth-order valence-corrected chi connectivity index (χ4v) is 3.96. The van der Waals surface area contributed by atoms with Gasteiger partial charge in [0, 0.05) is 39.5 Å². The van der Waals surface area contributed by atoms with Crippen molar-refractivity contribution >= 4 is 5.82 Å². The smallest absolute Gasteiger partial charge is 0.128 e. The van der Waals surface area contributed by atoms with E-state index in [2.05, 4.69) is 39.3 Å². The summed E-state index contributed by atoms with van der Waals surface area (Å²) in [5.41, 5.74) is 1.32. The highest BCUT2D eigenvalue weighted by atomic mass is 16.5. The van der Waals surface area contributed by atoms with Crippen LogP contribution in [-0.4, -0.2) is 62.9 Å². The standard InChI is InChI=1S/C19H32N4O/c1-22(12-13-24-2)19-6-5-16(14-21-19)15-23-10-7-17(8-11-23)18-4-3-9-20-18/h5-6,14,17-18,20H,3-4,7-13,15H2,1-2H3. The Kier molecular flexibility index (Phi) is 6.46. The third kappa shape index (κ3) is 4.68. The monoisotopic (exact) mass is 332 g/mol. The molecule has 24 heavy (non-hydrogen) atoms. The molecule has 2 aliphatic heterocycles. The lowest BCUT2D eigenvalue weighted by Crippen LogP contribution is -2.40. The van der Waals surface area contributed by atoms with Crippen LogP contribution >= 0.6 is 0 Å². The average molecular weight is 332 g/mol. The van der Waals surface area contributed by atoms with E-state index < -0.39 is 0 Å². The number of nitrogens with one attached hydrogen (secondary N) is 1. The first-order valence-electron chi connectivity index (χ1n) is 9.37. The zero-order valence-corrected chi connectivity index (χ0v) is 15.2. The third-order valence-corrected chi connectivity index (χ3v) is 5.54. The SMILES string of the molecule is COCCN(C)c1ccc(CN2CCC(C3CCCN3)CC2)cn1. The summed E-state index contributed by atoms with van der Waals surface area (Å²) in [5, 5.41) is 3.68. The van der Waals surface area contributed by atoms with Gasteiger partial charge in [-0.1, -0.05) is 6.07 Å². The Morgan fingerprint density at radius 2 is 2.12 bits per heavy atom. The second-order valence-corrected chi connectivity index (χ2v) is 7.26. The van der Waals surface area contributed by atoms with Gasteiger partial charge in [0.25, 0.3) is 0 Å².